The summed E-state index contributed by atoms with van der Waals surface area (Å²) < 4.78 is 0. The normalized spacial score (nSPS) is 18.5. The molecule has 0 aliphatic carbocycles. The van der Waals surface area contributed by atoms with Crippen LogP contribution in [0.1, 0.15) is 30.5 Å². The van der Waals surface area contributed by atoms with Gasteiger partial charge in [0.05, 0.1) is 23.0 Å². The molecule has 10 nitrogen and oxygen atoms in total. The zero-order valence-corrected chi connectivity index (χ0v) is 23.3. The second kappa shape index (κ2) is 11.4. The standard InChI is InChI=1S/C28H29Cl2N5O5/c1-33(12-10-25(36)37)26(38)23-7-4-11-34(23)27(39)24-14-18-17-5-2-3-6-21(17)32-22(18)15-35(24)28(40)31-16-8-9-19(29)20(30)13-16/h2-3,5-6,8-9,13,23-24,32H,4,7,10-12,14-15H2,1H3,(H,31,40)(H,36,37)/t23-,24+/m0/s1. The van der Waals surface area contributed by atoms with Crippen molar-refractivity contribution in [2.24, 2.45) is 0 Å². The molecule has 3 N–H and O–H groups in total. The fourth-order valence-electron chi connectivity index (χ4n) is 5.52. The summed E-state index contributed by atoms with van der Waals surface area (Å²) in [5.74, 6) is -1.62. The number of halogens is 2. The third-order valence-corrected chi connectivity index (χ3v) is 8.32. The number of likely N-dealkylation sites (tertiary alicyclic amines) is 1. The van der Waals surface area contributed by atoms with Crippen molar-refractivity contribution in [3.05, 3.63) is 63.8 Å². The molecule has 0 radical (unpaired) electrons. The number of aromatic nitrogens is 1. The van der Waals surface area contributed by atoms with E-state index in [1.165, 1.54) is 9.80 Å². The number of H-pyrrole nitrogens is 1. The molecule has 1 fully saturated rings. The molecule has 1 aromatic heterocycles. The Balaban J connectivity index is 1.44. The quantitative estimate of drug-likeness (QED) is 0.396. The van der Waals surface area contributed by atoms with Gasteiger partial charge in [-0.1, -0.05) is 41.4 Å². The van der Waals surface area contributed by atoms with Crippen molar-refractivity contribution in [1.29, 1.82) is 0 Å². The van der Waals surface area contributed by atoms with E-state index in [-0.39, 0.29) is 42.8 Å². The molecule has 2 aliphatic heterocycles. The zero-order chi connectivity index (χ0) is 28.6. The van der Waals surface area contributed by atoms with E-state index >= 15 is 0 Å². The summed E-state index contributed by atoms with van der Waals surface area (Å²) in [5, 5.41) is 13.5. The molecular formula is C28H29Cl2N5O5. The summed E-state index contributed by atoms with van der Waals surface area (Å²) in [7, 11) is 1.54. The monoisotopic (exact) mass is 585 g/mol. The first-order valence-corrected chi connectivity index (χ1v) is 13.8. The third-order valence-electron chi connectivity index (χ3n) is 7.58. The maximum atomic E-state index is 14.1. The van der Waals surface area contributed by atoms with E-state index in [0.29, 0.717) is 30.1 Å². The predicted octanol–water partition coefficient (Wildman–Crippen LogP) is 4.36. The number of fused-ring (bicyclic) bond motifs is 3. The number of carboxylic acid groups (broad SMARTS) is 1. The molecule has 3 heterocycles. The predicted molar refractivity (Wildman–Crippen MR) is 151 cm³/mol. The Hall–Kier alpha value is -3.76. The van der Waals surface area contributed by atoms with Crippen molar-refractivity contribution in [1.82, 2.24) is 19.7 Å². The summed E-state index contributed by atoms with van der Waals surface area (Å²) in [4.78, 5) is 59.7. The Morgan fingerprint density at radius 1 is 1.07 bits per heavy atom. The van der Waals surface area contributed by atoms with Crippen LogP contribution in [0.25, 0.3) is 10.9 Å². The molecule has 2 aliphatic rings. The van der Waals surface area contributed by atoms with E-state index in [1.54, 1.807) is 30.1 Å². The summed E-state index contributed by atoms with van der Waals surface area (Å²) in [5.41, 5.74) is 3.16. The van der Waals surface area contributed by atoms with Crippen LogP contribution < -0.4 is 5.32 Å². The Morgan fingerprint density at radius 2 is 1.85 bits per heavy atom. The molecule has 0 unspecified atom stereocenters. The van der Waals surface area contributed by atoms with Crippen LogP contribution in [0.5, 0.6) is 0 Å². The lowest BCUT2D eigenvalue weighted by molar-refractivity contribution is -0.146. The number of nitrogens with zero attached hydrogens (tertiary/aromatic N) is 3. The molecule has 40 heavy (non-hydrogen) atoms. The molecule has 3 aromatic rings. The highest BCUT2D eigenvalue weighted by Crippen LogP contribution is 2.33. The Bertz CT molecular complexity index is 1490. The number of rotatable bonds is 6. The highest BCUT2D eigenvalue weighted by atomic mass is 35.5. The van der Waals surface area contributed by atoms with Crippen molar-refractivity contribution < 1.29 is 24.3 Å². The number of nitrogens with one attached hydrogen (secondary N) is 2. The topological polar surface area (TPSA) is 126 Å². The Morgan fingerprint density at radius 3 is 2.60 bits per heavy atom. The molecule has 0 spiro atoms. The fraction of sp³-hybridized carbons (Fsp3) is 0.357. The lowest BCUT2D eigenvalue weighted by atomic mass is 9.95. The van der Waals surface area contributed by atoms with Crippen LogP contribution in [-0.2, 0) is 27.3 Å². The molecule has 0 saturated carbocycles. The van der Waals surface area contributed by atoms with Crippen molar-refractivity contribution >= 4 is 63.6 Å². The van der Waals surface area contributed by atoms with Gasteiger partial charge in [-0.2, -0.15) is 0 Å². The van der Waals surface area contributed by atoms with Gasteiger partial charge in [0.15, 0.2) is 0 Å². The molecule has 0 bridgehead atoms. The minimum atomic E-state index is -1.00. The van der Waals surface area contributed by atoms with Gasteiger partial charge in [0.1, 0.15) is 12.1 Å². The first-order valence-electron chi connectivity index (χ1n) is 13.0. The largest absolute Gasteiger partial charge is 0.481 e. The minimum absolute atomic E-state index is 0.0486. The van der Waals surface area contributed by atoms with Crippen LogP contribution in [0.4, 0.5) is 10.5 Å². The van der Waals surface area contributed by atoms with E-state index < -0.39 is 24.1 Å². The van der Waals surface area contributed by atoms with E-state index in [0.717, 1.165) is 22.2 Å². The van der Waals surface area contributed by atoms with Gasteiger partial charge >= 0.3 is 12.0 Å². The molecule has 2 aromatic carbocycles. The average Bonchev–Trinajstić information content (AvgIpc) is 3.57. The van der Waals surface area contributed by atoms with Gasteiger partial charge in [0, 0.05) is 48.8 Å². The SMILES string of the molecule is CN(CCC(=O)O)C(=O)[C@@H]1CCCN1C(=O)[C@H]1Cc2c([nH]c3ccccc23)CN1C(=O)Nc1ccc(Cl)c(Cl)c1. The molecule has 4 amide bonds. The Labute approximate surface area is 240 Å². The number of carboxylic acids is 1. The van der Waals surface area contributed by atoms with Gasteiger partial charge in [0.25, 0.3) is 0 Å². The first kappa shape index (κ1) is 27.8. The number of carbonyl (C=O) groups excluding carboxylic acids is 3. The number of amides is 4. The number of hydrogen-bond donors (Lipinski definition) is 3. The van der Waals surface area contributed by atoms with Crippen molar-refractivity contribution in [2.45, 2.75) is 44.3 Å². The van der Waals surface area contributed by atoms with Gasteiger partial charge in [-0.25, -0.2) is 4.79 Å². The van der Waals surface area contributed by atoms with E-state index in [4.69, 9.17) is 28.3 Å². The molecular weight excluding hydrogens is 557 g/mol. The van der Waals surface area contributed by atoms with Gasteiger partial charge in [-0.3, -0.25) is 14.4 Å². The summed E-state index contributed by atoms with van der Waals surface area (Å²) >= 11 is 12.2. The number of benzene rings is 2. The van der Waals surface area contributed by atoms with Gasteiger partial charge in [-0.05, 0) is 42.7 Å². The third kappa shape index (κ3) is 5.46. The number of likely N-dealkylation sites (N-methyl/N-ethyl adjacent to an activating group) is 1. The van der Waals surface area contributed by atoms with Crippen LogP contribution in [0.15, 0.2) is 42.5 Å². The van der Waals surface area contributed by atoms with Crippen LogP contribution in [0, 0.1) is 0 Å². The smallest absolute Gasteiger partial charge is 0.322 e. The van der Waals surface area contributed by atoms with Crippen molar-refractivity contribution in [2.75, 3.05) is 25.5 Å². The Kier molecular flexibility index (Phi) is 7.91. The van der Waals surface area contributed by atoms with Crippen LogP contribution in [-0.4, -0.2) is 80.8 Å². The number of carbonyl (C=O) groups is 4. The molecule has 5 rings (SSSR count). The molecule has 210 valence electrons. The highest BCUT2D eigenvalue weighted by molar-refractivity contribution is 6.42. The average molecular weight is 586 g/mol. The highest BCUT2D eigenvalue weighted by Gasteiger charge is 2.43. The summed E-state index contributed by atoms with van der Waals surface area (Å²) in [6.45, 7) is 0.590. The lowest BCUT2D eigenvalue weighted by Gasteiger charge is -2.38. The van der Waals surface area contributed by atoms with Crippen LogP contribution in [0.2, 0.25) is 10.0 Å². The zero-order valence-electron chi connectivity index (χ0n) is 21.8. The number of aliphatic carboxylic acids is 1. The second-order valence-corrected chi connectivity index (χ2v) is 10.9. The van der Waals surface area contributed by atoms with E-state index in [9.17, 15) is 19.2 Å². The number of anilines is 1. The first-order chi connectivity index (χ1) is 19.1. The maximum absolute atomic E-state index is 14.1. The number of urea groups is 1. The van der Waals surface area contributed by atoms with E-state index in [2.05, 4.69) is 10.3 Å². The van der Waals surface area contributed by atoms with E-state index in [1.807, 2.05) is 24.3 Å². The molecule has 2 atom stereocenters. The minimum Gasteiger partial charge on any atom is -0.481 e. The van der Waals surface area contributed by atoms with Crippen LogP contribution >= 0.6 is 23.2 Å². The number of para-hydroxylation sites is 1. The molecule has 12 heteroatoms. The number of aromatic amines is 1. The van der Waals surface area contributed by atoms with Gasteiger partial charge in [-0.15, -0.1) is 0 Å². The lowest BCUT2D eigenvalue weighted by Crippen LogP contribution is -2.57. The number of hydrogen-bond acceptors (Lipinski definition) is 4. The van der Waals surface area contributed by atoms with Crippen molar-refractivity contribution in [3.8, 4) is 0 Å². The summed E-state index contributed by atoms with van der Waals surface area (Å²) in [6.07, 6.45) is 1.20. The fourth-order valence-corrected chi connectivity index (χ4v) is 5.82. The van der Waals surface area contributed by atoms with Crippen LogP contribution in [0.3, 0.4) is 0 Å². The van der Waals surface area contributed by atoms with Gasteiger partial charge in [0.2, 0.25) is 11.8 Å². The molecule has 1 saturated heterocycles. The van der Waals surface area contributed by atoms with Crippen molar-refractivity contribution in [3.63, 3.8) is 0 Å². The second-order valence-electron chi connectivity index (χ2n) is 10.1. The van der Waals surface area contributed by atoms with Gasteiger partial charge < -0.3 is 30.1 Å². The maximum Gasteiger partial charge on any atom is 0.322 e. The summed E-state index contributed by atoms with van der Waals surface area (Å²) in [6, 6.07) is 10.5.